The van der Waals surface area contributed by atoms with Crippen molar-refractivity contribution in [2.75, 3.05) is 20.0 Å². The molecule has 1 aliphatic heterocycles. The van der Waals surface area contributed by atoms with Gasteiger partial charge in [-0.3, -0.25) is 0 Å². The maximum Gasteiger partial charge on any atom is 0.148 e. The van der Waals surface area contributed by atoms with Crippen molar-refractivity contribution in [1.82, 2.24) is 0 Å². The lowest BCUT2D eigenvalue weighted by atomic mass is 10.2. The van der Waals surface area contributed by atoms with Gasteiger partial charge in [0.2, 0.25) is 0 Å². The molecule has 0 aromatic carbocycles. The van der Waals surface area contributed by atoms with Crippen LogP contribution in [0.15, 0.2) is 0 Å². The third-order valence-electron chi connectivity index (χ3n) is 1.04. The molecule has 0 aliphatic carbocycles. The molecule has 42 valence electrons. The summed E-state index contributed by atoms with van der Waals surface area (Å²) in [5.74, 6) is 0. The zero-order valence-corrected chi connectivity index (χ0v) is 3.79. The summed E-state index contributed by atoms with van der Waals surface area (Å²) in [6.07, 6.45) is 0. The molecule has 0 saturated carbocycles. The third-order valence-corrected chi connectivity index (χ3v) is 1.04. The molecule has 0 atom stereocenters. The van der Waals surface area contributed by atoms with Crippen molar-refractivity contribution in [3.05, 3.63) is 0 Å². The minimum Gasteiger partial charge on any atom is -0.364 e. The van der Waals surface area contributed by atoms with Crippen molar-refractivity contribution in [2.24, 2.45) is 0 Å². The molecule has 1 aliphatic rings. The zero-order valence-electron chi connectivity index (χ0n) is 3.79. The van der Waals surface area contributed by atoms with Crippen LogP contribution in [0.5, 0.6) is 0 Å². The van der Waals surface area contributed by atoms with Crippen LogP contribution in [0.1, 0.15) is 0 Å². The van der Waals surface area contributed by atoms with E-state index < -0.39 is 19.0 Å². The van der Waals surface area contributed by atoms with Crippen molar-refractivity contribution < 1.29 is 13.5 Å². The van der Waals surface area contributed by atoms with E-state index in [1.165, 1.54) is 0 Å². The molecule has 0 radical (unpaired) electrons. The lowest BCUT2D eigenvalue weighted by molar-refractivity contribution is 0.203. The Balaban J connectivity index is 2.28. The number of rotatable bonds is 2. The molecule has 0 spiro atoms. The van der Waals surface area contributed by atoms with Crippen LogP contribution in [0.2, 0.25) is 0 Å². The summed E-state index contributed by atoms with van der Waals surface area (Å²) in [5.41, 5.74) is -1.00. The second-order valence-electron chi connectivity index (χ2n) is 1.74. The lowest BCUT2D eigenvalue weighted by Crippen LogP contribution is -2.15. The Hall–Kier alpha value is -0.180. The predicted octanol–water partition coefficient (Wildman–Crippen LogP) is 0.694. The van der Waals surface area contributed by atoms with Gasteiger partial charge >= 0.3 is 0 Å². The highest BCUT2D eigenvalue weighted by atomic mass is 19.1. The molecular formula is C4H6F2O. The van der Waals surface area contributed by atoms with Crippen LogP contribution >= 0.6 is 0 Å². The maximum absolute atomic E-state index is 11.5. The normalized spacial score (nSPS) is 24.9. The fourth-order valence-corrected chi connectivity index (χ4v) is 0.292. The Morgan fingerprint density at radius 2 is 1.86 bits per heavy atom. The molecule has 0 unspecified atom stereocenters. The van der Waals surface area contributed by atoms with Crippen LogP contribution in [-0.2, 0) is 4.74 Å². The van der Waals surface area contributed by atoms with Crippen molar-refractivity contribution >= 4 is 0 Å². The van der Waals surface area contributed by atoms with Gasteiger partial charge in [-0.1, -0.05) is 0 Å². The number of hydrogen-bond acceptors (Lipinski definition) is 1. The first-order chi connectivity index (χ1) is 3.33. The summed E-state index contributed by atoms with van der Waals surface area (Å²) < 4.78 is 27.4. The standard InChI is InChI=1S/C4H6F2O/c5-1-4(2-6)3-7-4/h1-3H2. The highest BCUT2D eigenvalue weighted by Gasteiger charge is 2.45. The summed E-state index contributed by atoms with van der Waals surface area (Å²) in [6, 6.07) is 0. The van der Waals surface area contributed by atoms with Gasteiger partial charge in [-0.2, -0.15) is 0 Å². The van der Waals surface area contributed by atoms with E-state index in [0.29, 0.717) is 0 Å². The van der Waals surface area contributed by atoms with Gasteiger partial charge in [0.1, 0.15) is 19.0 Å². The molecule has 0 aromatic rings. The quantitative estimate of drug-likeness (QED) is 0.474. The van der Waals surface area contributed by atoms with Crippen LogP contribution in [-0.4, -0.2) is 25.6 Å². The predicted molar refractivity (Wildman–Crippen MR) is 20.6 cm³/mol. The molecule has 0 aromatic heterocycles. The van der Waals surface area contributed by atoms with Crippen LogP contribution in [0.25, 0.3) is 0 Å². The van der Waals surface area contributed by atoms with E-state index in [1.54, 1.807) is 0 Å². The lowest BCUT2D eigenvalue weighted by Gasteiger charge is -1.94. The highest BCUT2D eigenvalue weighted by Crippen LogP contribution is 2.27. The van der Waals surface area contributed by atoms with E-state index in [2.05, 4.69) is 4.74 Å². The molecule has 0 N–H and O–H groups in total. The Morgan fingerprint density at radius 1 is 1.43 bits per heavy atom. The molecule has 1 nitrogen and oxygen atoms in total. The second kappa shape index (κ2) is 1.40. The average Bonchev–Trinajstić information content (AvgIpc) is 2.46. The van der Waals surface area contributed by atoms with Crippen molar-refractivity contribution in [3.63, 3.8) is 0 Å². The Kier molecular flexibility index (Phi) is 0.995. The van der Waals surface area contributed by atoms with Gasteiger partial charge in [-0.05, 0) is 0 Å². The topological polar surface area (TPSA) is 12.5 Å². The first-order valence-corrected chi connectivity index (χ1v) is 2.09. The van der Waals surface area contributed by atoms with E-state index in [-0.39, 0.29) is 6.61 Å². The Labute approximate surface area is 40.3 Å². The first kappa shape index (κ1) is 4.97. The number of alkyl halides is 2. The number of halogens is 2. The monoisotopic (exact) mass is 108 g/mol. The number of epoxide rings is 1. The molecule has 1 heterocycles. The zero-order chi connectivity index (χ0) is 5.33. The molecule has 0 bridgehead atoms. The molecule has 7 heavy (non-hydrogen) atoms. The van der Waals surface area contributed by atoms with Gasteiger partial charge in [-0.25, -0.2) is 8.78 Å². The smallest absolute Gasteiger partial charge is 0.148 e. The Morgan fingerprint density at radius 3 is 1.86 bits per heavy atom. The van der Waals surface area contributed by atoms with Crippen LogP contribution in [0.3, 0.4) is 0 Å². The fourth-order valence-electron chi connectivity index (χ4n) is 0.292. The summed E-state index contributed by atoms with van der Waals surface area (Å²) in [7, 11) is 0. The molecule has 3 heteroatoms. The fraction of sp³-hybridized carbons (Fsp3) is 1.00. The van der Waals surface area contributed by atoms with Crippen LogP contribution in [0, 0.1) is 0 Å². The average molecular weight is 108 g/mol. The van der Waals surface area contributed by atoms with E-state index in [1.807, 2.05) is 0 Å². The summed E-state index contributed by atoms with van der Waals surface area (Å²) in [5, 5.41) is 0. The van der Waals surface area contributed by atoms with Gasteiger partial charge in [-0.15, -0.1) is 0 Å². The van der Waals surface area contributed by atoms with Crippen molar-refractivity contribution in [3.8, 4) is 0 Å². The van der Waals surface area contributed by atoms with Crippen LogP contribution < -0.4 is 0 Å². The molecule has 1 saturated heterocycles. The highest BCUT2D eigenvalue weighted by molar-refractivity contribution is 4.90. The van der Waals surface area contributed by atoms with Gasteiger partial charge in [0.25, 0.3) is 0 Å². The van der Waals surface area contributed by atoms with Crippen molar-refractivity contribution in [1.29, 1.82) is 0 Å². The van der Waals surface area contributed by atoms with Gasteiger partial charge in [0.05, 0.1) is 6.61 Å². The van der Waals surface area contributed by atoms with Gasteiger partial charge in [0.15, 0.2) is 0 Å². The molecule has 1 fully saturated rings. The van der Waals surface area contributed by atoms with Gasteiger partial charge in [0, 0.05) is 0 Å². The minimum atomic E-state index is -1.00. The summed E-state index contributed by atoms with van der Waals surface area (Å²) in [4.78, 5) is 0. The van der Waals surface area contributed by atoms with Crippen molar-refractivity contribution in [2.45, 2.75) is 5.60 Å². The number of hydrogen-bond donors (Lipinski definition) is 0. The molecule has 0 amide bonds. The third kappa shape index (κ3) is 0.725. The Bertz CT molecular complexity index is 64.1. The van der Waals surface area contributed by atoms with E-state index in [9.17, 15) is 8.78 Å². The SMILES string of the molecule is FCC1(CF)CO1. The second-order valence-corrected chi connectivity index (χ2v) is 1.74. The minimum absolute atomic E-state index is 0.250. The van der Waals surface area contributed by atoms with Gasteiger partial charge < -0.3 is 4.74 Å². The summed E-state index contributed by atoms with van der Waals surface area (Å²) >= 11 is 0. The molecular weight excluding hydrogens is 102 g/mol. The van der Waals surface area contributed by atoms with Crippen LogP contribution in [0.4, 0.5) is 8.78 Å². The summed E-state index contributed by atoms with van der Waals surface area (Å²) in [6.45, 7) is -1.13. The maximum atomic E-state index is 11.5. The van der Waals surface area contributed by atoms with E-state index in [0.717, 1.165) is 0 Å². The van der Waals surface area contributed by atoms with E-state index in [4.69, 9.17) is 0 Å². The molecule has 1 rings (SSSR count). The largest absolute Gasteiger partial charge is 0.364 e. The first-order valence-electron chi connectivity index (χ1n) is 2.09. The van der Waals surface area contributed by atoms with E-state index >= 15 is 0 Å². The number of ether oxygens (including phenoxy) is 1.